The monoisotopic (exact) mass is 320 g/mol. The molecular formula is C16H21FN4O2. The van der Waals surface area contributed by atoms with Gasteiger partial charge in [0, 0.05) is 32.0 Å². The highest BCUT2D eigenvalue weighted by Crippen LogP contribution is 2.18. The third-order valence-corrected chi connectivity index (χ3v) is 3.37. The number of halogens is 1. The van der Waals surface area contributed by atoms with Crippen LogP contribution < -0.4 is 10.1 Å². The Morgan fingerprint density at radius 1 is 1.52 bits per heavy atom. The molecule has 1 aromatic carbocycles. The quantitative estimate of drug-likeness (QED) is 0.888. The van der Waals surface area contributed by atoms with Crippen LogP contribution in [0.4, 0.5) is 9.18 Å². The molecule has 2 rings (SSSR count). The minimum atomic E-state index is -0.439. The van der Waals surface area contributed by atoms with E-state index < -0.39 is 5.82 Å². The van der Waals surface area contributed by atoms with Crippen LogP contribution in [0.5, 0.6) is 5.75 Å². The Morgan fingerprint density at radius 3 is 2.91 bits per heavy atom. The first-order chi connectivity index (χ1) is 11.0. The lowest BCUT2D eigenvalue weighted by molar-refractivity contribution is 0.202. The standard InChI is InChI=1S/C16H21FN4O2/c1-12(10-21-8-4-7-18-21)19-16(22)20(2)11-13-5-6-15(23-3)14(17)9-13/h4-9,12H,10-11H2,1-3H3,(H,19,22). The number of urea groups is 1. The molecule has 1 heterocycles. The van der Waals surface area contributed by atoms with Gasteiger partial charge in [-0.3, -0.25) is 4.68 Å². The van der Waals surface area contributed by atoms with Crippen molar-refractivity contribution in [1.82, 2.24) is 20.0 Å². The van der Waals surface area contributed by atoms with E-state index in [2.05, 4.69) is 10.4 Å². The number of nitrogens with one attached hydrogen (secondary N) is 1. The number of hydrogen-bond donors (Lipinski definition) is 1. The summed E-state index contributed by atoms with van der Waals surface area (Å²) in [4.78, 5) is 13.7. The number of benzene rings is 1. The van der Waals surface area contributed by atoms with E-state index in [1.54, 1.807) is 30.1 Å². The smallest absolute Gasteiger partial charge is 0.317 e. The van der Waals surface area contributed by atoms with Crippen molar-refractivity contribution < 1.29 is 13.9 Å². The Bertz CT molecular complexity index is 646. The number of methoxy groups -OCH3 is 1. The maximum absolute atomic E-state index is 13.7. The highest BCUT2D eigenvalue weighted by molar-refractivity contribution is 5.74. The van der Waals surface area contributed by atoms with E-state index in [0.29, 0.717) is 18.7 Å². The first-order valence-corrected chi connectivity index (χ1v) is 7.31. The summed E-state index contributed by atoms with van der Waals surface area (Å²) in [6, 6.07) is 6.20. The normalized spacial score (nSPS) is 11.8. The van der Waals surface area contributed by atoms with Crippen molar-refractivity contribution in [3.8, 4) is 5.75 Å². The molecule has 2 amide bonds. The zero-order chi connectivity index (χ0) is 16.8. The van der Waals surface area contributed by atoms with Crippen LogP contribution in [0.15, 0.2) is 36.7 Å². The van der Waals surface area contributed by atoms with Crippen molar-refractivity contribution in [3.63, 3.8) is 0 Å². The molecule has 1 N–H and O–H groups in total. The molecule has 0 aliphatic heterocycles. The minimum Gasteiger partial charge on any atom is -0.494 e. The lowest BCUT2D eigenvalue weighted by Crippen LogP contribution is -2.43. The van der Waals surface area contributed by atoms with Gasteiger partial charge in [0.15, 0.2) is 11.6 Å². The maximum Gasteiger partial charge on any atom is 0.317 e. The van der Waals surface area contributed by atoms with Gasteiger partial charge in [0.2, 0.25) is 0 Å². The molecule has 124 valence electrons. The van der Waals surface area contributed by atoms with Crippen molar-refractivity contribution in [2.45, 2.75) is 26.1 Å². The second-order valence-corrected chi connectivity index (χ2v) is 5.40. The van der Waals surface area contributed by atoms with Crippen molar-refractivity contribution in [2.24, 2.45) is 0 Å². The second kappa shape index (κ2) is 7.62. The lowest BCUT2D eigenvalue weighted by Gasteiger charge is -2.21. The van der Waals surface area contributed by atoms with Crippen LogP contribution in [0.3, 0.4) is 0 Å². The third kappa shape index (κ3) is 4.70. The van der Waals surface area contributed by atoms with Gasteiger partial charge in [-0.05, 0) is 30.7 Å². The van der Waals surface area contributed by atoms with Gasteiger partial charge < -0.3 is 15.0 Å². The SMILES string of the molecule is COc1ccc(CN(C)C(=O)NC(C)Cn2cccn2)cc1F. The van der Waals surface area contributed by atoms with Gasteiger partial charge in [-0.25, -0.2) is 9.18 Å². The molecule has 0 aliphatic rings. The fraction of sp³-hybridized carbons (Fsp3) is 0.375. The predicted molar refractivity (Wildman–Crippen MR) is 84.6 cm³/mol. The van der Waals surface area contributed by atoms with Crippen molar-refractivity contribution in [2.75, 3.05) is 14.2 Å². The molecule has 6 nitrogen and oxygen atoms in total. The van der Waals surface area contributed by atoms with Gasteiger partial charge >= 0.3 is 6.03 Å². The summed E-state index contributed by atoms with van der Waals surface area (Å²) >= 11 is 0. The van der Waals surface area contributed by atoms with Crippen molar-refractivity contribution in [3.05, 3.63) is 48.0 Å². The number of nitrogens with zero attached hydrogens (tertiary/aromatic N) is 3. The largest absolute Gasteiger partial charge is 0.494 e. The molecule has 0 spiro atoms. The number of ether oxygens (including phenoxy) is 1. The highest BCUT2D eigenvalue weighted by Gasteiger charge is 2.14. The minimum absolute atomic E-state index is 0.0718. The molecule has 2 aromatic rings. The van der Waals surface area contributed by atoms with Gasteiger partial charge in [0.25, 0.3) is 0 Å². The maximum atomic E-state index is 13.7. The summed E-state index contributed by atoms with van der Waals surface area (Å²) in [5.41, 5.74) is 0.695. The molecular weight excluding hydrogens is 299 g/mol. The zero-order valence-electron chi connectivity index (χ0n) is 13.5. The molecule has 0 saturated carbocycles. The summed E-state index contributed by atoms with van der Waals surface area (Å²) in [7, 11) is 3.08. The highest BCUT2D eigenvalue weighted by atomic mass is 19.1. The Hall–Kier alpha value is -2.57. The van der Waals surface area contributed by atoms with Crippen LogP contribution in [0, 0.1) is 5.82 Å². The molecule has 1 unspecified atom stereocenters. The van der Waals surface area contributed by atoms with Crippen LogP contribution >= 0.6 is 0 Å². The Labute approximate surface area is 134 Å². The topological polar surface area (TPSA) is 59.4 Å². The predicted octanol–water partition coefficient (Wildman–Crippen LogP) is 2.26. The number of aromatic nitrogens is 2. The molecule has 1 atom stereocenters. The number of amides is 2. The molecule has 1 aromatic heterocycles. The molecule has 23 heavy (non-hydrogen) atoms. The van der Waals surface area contributed by atoms with Crippen LogP contribution in [0.25, 0.3) is 0 Å². The molecule has 0 bridgehead atoms. The first-order valence-electron chi connectivity index (χ1n) is 7.31. The van der Waals surface area contributed by atoms with E-state index in [-0.39, 0.29) is 17.8 Å². The van der Waals surface area contributed by atoms with Gasteiger partial charge in [-0.2, -0.15) is 5.10 Å². The first kappa shape index (κ1) is 16.8. The number of rotatable bonds is 6. The summed E-state index contributed by atoms with van der Waals surface area (Å²) < 4.78 is 20.3. The number of carbonyl (C=O) groups is 1. The van der Waals surface area contributed by atoms with Gasteiger partial charge in [-0.1, -0.05) is 6.07 Å². The van der Waals surface area contributed by atoms with Crippen LogP contribution in [-0.4, -0.2) is 40.9 Å². The molecule has 0 radical (unpaired) electrons. The van der Waals surface area contributed by atoms with E-state index >= 15 is 0 Å². The summed E-state index contributed by atoms with van der Waals surface area (Å²) in [5, 5.41) is 6.98. The van der Waals surface area contributed by atoms with E-state index in [9.17, 15) is 9.18 Å². The molecule has 0 aliphatic carbocycles. The van der Waals surface area contributed by atoms with Crippen molar-refractivity contribution >= 4 is 6.03 Å². The Morgan fingerprint density at radius 2 is 2.30 bits per heavy atom. The van der Waals surface area contributed by atoms with Crippen LogP contribution in [0.2, 0.25) is 0 Å². The summed E-state index contributed by atoms with van der Waals surface area (Å²) in [6.45, 7) is 2.80. The van der Waals surface area contributed by atoms with Crippen molar-refractivity contribution in [1.29, 1.82) is 0 Å². The zero-order valence-corrected chi connectivity index (χ0v) is 13.5. The molecule has 7 heteroatoms. The third-order valence-electron chi connectivity index (χ3n) is 3.37. The number of carbonyl (C=O) groups excluding carboxylic acids is 1. The average molecular weight is 320 g/mol. The Kier molecular flexibility index (Phi) is 5.56. The fourth-order valence-corrected chi connectivity index (χ4v) is 2.21. The van der Waals surface area contributed by atoms with E-state index in [0.717, 1.165) is 0 Å². The van der Waals surface area contributed by atoms with E-state index in [1.165, 1.54) is 18.1 Å². The van der Waals surface area contributed by atoms with E-state index in [4.69, 9.17) is 4.74 Å². The molecule has 0 fully saturated rings. The number of hydrogen-bond acceptors (Lipinski definition) is 3. The van der Waals surface area contributed by atoms with Crippen LogP contribution in [0.1, 0.15) is 12.5 Å². The lowest BCUT2D eigenvalue weighted by atomic mass is 10.2. The van der Waals surface area contributed by atoms with Gasteiger partial charge in [-0.15, -0.1) is 0 Å². The molecule has 0 saturated heterocycles. The van der Waals surface area contributed by atoms with Gasteiger partial charge in [0.1, 0.15) is 0 Å². The average Bonchev–Trinajstić information content (AvgIpc) is 3.00. The van der Waals surface area contributed by atoms with E-state index in [1.807, 2.05) is 19.2 Å². The second-order valence-electron chi connectivity index (χ2n) is 5.40. The van der Waals surface area contributed by atoms with Crippen LogP contribution in [-0.2, 0) is 13.1 Å². The fourth-order valence-electron chi connectivity index (χ4n) is 2.21. The summed E-state index contributed by atoms with van der Waals surface area (Å²) in [5.74, 6) is -0.250. The van der Waals surface area contributed by atoms with Gasteiger partial charge in [0.05, 0.1) is 13.7 Å². The summed E-state index contributed by atoms with van der Waals surface area (Å²) in [6.07, 6.45) is 3.53. The Balaban J connectivity index is 1.88.